The van der Waals surface area contributed by atoms with Crippen molar-refractivity contribution in [2.45, 2.75) is 52.4 Å². The topological polar surface area (TPSA) is 17.1 Å². The normalized spacial score (nSPS) is 40.6. The molecule has 0 amide bonds. The summed E-state index contributed by atoms with van der Waals surface area (Å²) in [6.07, 6.45) is 11.1. The van der Waals surface area contributed by atoms with E-state index in [0.29, 0.717) is 5.78 Å². The van der Waals surface area contributed by atoms with Crippen molar-refractivity contribution in [2.75, 3.05) is 0 Å². The molecule has 1 fully saturated rings. The van der Waals surface area contributed by atoms with Crippen LogP contribution in [0.2, 0.25) is 0 Å². The fourth-order valence-electron chi connectivity index (χ4n) is 2.80. The molecule has 0 aromatic rings. The minimum absolute atomic E-state index is 0.0478. The standard InChI is InChI=1S/C13H20O/c1-3-4-5-13-8-6-12(2,7-9-13)10-11(13)14/h6,8H,3-5,7,9-10H2,1-2H3/t12-,13+/m0/s1. The molecule has 2 atom stereocenters. The summed E-state index contributed by atoms with van der Waals surface area (Å²) in [6, 6.07) is 0. The van der Waals surface area contributed by atoms with Gasteiger partial charge in [-0.2, -0.15) is 0 Å². The van der Waals surface area contributed by atoms with Gasteiger partial charge in [0.05, 0.1) is 0 Å². The summed E-state index contributed by atoms with van der Waals surface area (Å²) in [5.74, 6) is 0.502. The van der Waals surface area contributed by atoms with Gasteiger partial charge in [0.2, 0.25) is 0 Å². The van der Waals surface area contributed by atoms with E-state index in [0.717, 1.165) is 19.3 Å². The van der Waals surface area contributed by atoms with Gasteiger partial charge in [0.15, 0.2) is 0 Å². The van der Waals surface area contributed by atoms with Crippen LogP contribution in [0.4, 0.5) is 0 Å². The third-order valence-electron chi connectivity index (χ3n) is 4.04. The highest BCUT2D eigenvalue weighted by Crippen LogP contribution is 2.51. The first kappa shape index (κ1) is 9.95. The maximum Gasteiger partial charge on any atom is 0.143 e. The SMILES string of the molecule is CCCC[C@@]12C=C[C@@](C)(CC1)CC2=O. The van der Waals surface area contributed by atoms with Gasteiger partial charge in [0, 0.05) is 11.8 Å². The minimum Gasteiger partial charge on any atom is -0.299 e. The minimum atomic E-state index is -0.0478. The molecular formula is C13H20O. The number of fused-ring (bicyclic) bond motifs is 2. The highest BCUT2D eigenvalue weighted by atomic mass is 16.1. The fourth-order valence-corrected chi connectivity index (χ4v) is 2.80. The maximum absolute atomic E-state index is 12.0. The summed E-state index contributed by atoms with van der Waals surface area (Å²) in [5, 5.41) is 0. The monoisotopic (exact) mass is 192 g/mol. The van der Waals surface area contributed by atoms with E-state index in [1.165, 1.54) is 19.3 Å². The molecule has 3 aliphatic carbocycles. The van der Waals surface area contributed by atoms with Crippen LogP contribution >= 0.6 is 0 Å². The van der Waals surface area contributed by atoms with E-state index >= 15 is 0 Å². The number of Topliss-reactive ketones (excluding diaryl/α,β-unsaturated/α-hetero) is 1. The van der Waals surface area contributed by atoms with Gasteiger partial charge < -0.3 is 0 Å². The summed E-state index contributed by atoms with van der Waals surface area (Å²) in [4.78, 5) is 12.0. The molecule has 0 unspecified atom stereocenters. The van der Waals surface area contributed by atoms with E-state index in [-0.39, 0.29) is 10.8 Å². The molecule has 1 heteroatoms. The highest BCUT2D eigenvalue weighted by molar-refractivity contribution is 5.89. The number of carbonyl (C=O) groups excluding carboxylic acids is 1. The summed E-state index contributed by atoms with van der Waals surface area (Å²) in [5.41, 5.74) is 0.152. The van der Waals surface area contributed by atoms with Crippen molar-refractivity contribution in [1.82, 2.24) is 0 Å². The van der Waals surface area contributed by atoms with Gasteiger partial charge in [-0.25, -0.2) is 0 Å². The van der Waals surface area contributed by atoms with Crippen molar-refractivity contribution >= 4 is 5.78 Å². The molecule has 0 heterocycles. The molecule has 0 spiro atoms. The zero-order valence-electron chi connectivity index (χ0n) is 9.31. The number of unbranched alkanes of at least 4 members (excludes halogenated alkanes) is 1. The van der Waals surface area contributed by atoms with Crippen LogP contribution in [0.25, 0.3) is 0 Å². The number of allylic oxidation sites excluding steroid dienone is 2. The third kappa shape index (κ3) is 1.43. The molecule has 0 aromatic heterocycles. The average molecular weight is 192 g/mol. The molecule has 3 aliphatic rings. The van der Waals surface area contributed by atoms with Crippen LogP contribution in [0.5, 0.6) is 0 Å². The Labute approximate surface area is 86.6 Å². The first-order valence-electron chi connectivity index (χ1n) is 5.84. The van der Waals surface area contributed by atoms with Crippen LogP contribution in [0.3, 0.4) is 0 Å². The third-order valence-corrected chi connectivity index (χ3v) is 4.04. The number of hydrogen-bond acceptors (Lipinski definition) is 1. The van der Waals surface area contributed by atoms with Crippen molar-refractivity contribution in [3.63, 3.8) is 0 Å². The van der Waals surface area contributed by atoms with Crippen molar-refractivity contribution < 1.29 is 4.79 Å². The Hall–Kier alpha value is -0.590. The van der Waals surface area contributed by atoms with E-state index in [2.05, 4.69) is 26.0 Å². The Balaban J connectivity index is 2.19. The zero-order chi connectivity index (χ0) is 10.2. The van der Waals surface area contributed by atoms with E-state index in [9.17, 15) is 4.79 Å². The van der Waals surface area contributed by atoms with E-state index in [1.54, 1.807) is 0 Å². The van der Waals surface area contributed by atoms with Gasteiger partial charge >= 0.3 is 0 Å². The Morgan fingerprint density at radius 2 is 2.14 bits per heavy atom. The molecule has 1 nitrogen and oxygen atoms in total. The molecular weight excluding hydrogens is 172 g/mol. The van der Waals surface area contributed by atoms with Crippen molar-refractivity contribution in [1.29, 1.82) is 0 Å². The number of rotatable bonds is 3. The van der Waals surface area contributed by atoms with Gasteiger partial charge in [-0.3, -0.25) is 4.79 Å². The lowest BCUT2D eigenvalue weighted by atomic mass is 9.57. The molecule has 1 saturated carbocycles. The molecule has 14 heavy (non-hydrogen) atoms. The number of hydrogen-bond donors (Lipinski definition) is 0. The lowest BCUT2D eigenvalue weighted by molar-refractivity contribution is -0.133. The molecule has 0 saturated heterocycles. The molecule has 0 aliphatic heterocycles. The second-order valence-corrected chi connectivity index (χ2v) is 5.35. The van der Waals surface area contributed by atoms with Crippen molar-refractivity contribution in [3.8, 4) is 0 Å². The smallest absolute Gasteiger partial charge is 0.143 e. The lowest BCUT2D eigenvalue weighted by Crippen LogP contribution is -2.43. The van der Waals surface area contributed by atoms with Gasteiger partial charge in [0.25, 0.3) is 0 Å². The molecule has 0 radical (unpaired) electrons. The Morgan fingerprint density at radius 3 is 2.64 bits per heavy atom. The van der Waals surface area contributed by atoms with E-state index < -0.39 is 0 Å². The molecule has 3 rings (SSSR count). The number of ketones is 1. The second-order valence-electron chi connectivity index (χ2n) is 5.35. The van der Waals surface area contributed by atoms with E-state index in [1.807, 2.05) is 0 Å². The first-order valence-corrected chi connectivity index (χ1v) is 5.84. The predicted molar refractivity (Wildman–Crippen MR) is 58.1 cm³/mol. The second kappa shape index (κ2) is 3.22. The van der Waals surface area contributed by atoms with Crippen LogP contribution < -0.4 is 0 Å². The summed E-state index contributed by atoms with van der Waals surface area (Å²) in [7, 11) is 0. The van der Waals surface area contributed by atoms with Gasteiger partial charge in [0.1, 0.15) is 5.78 Å². The van der Waals surface area contributed by atoms with Crippen LogP contribution in [0.1, 0.15) is 52.4 Å². The zero-order valence-corrected chi connectivity index (χ0v) is 9.31. The van der Waals surface area contributed by atoms with Crippen LogP contribution in [0, 0.1) is 10.8 Å². The van der Waals surface area contributed by atoms with Crippen molar-refractivity contribution in [2.24, 2.45) is 10.8 Å². The molecule has 0 aromatic carbocycles. The highest BCUT2D eigenvalue weighted by Gasteiger charge is 2.47. The Kier molecular flexibility index (Phi) is 2.29. The van der Waals surface area contributed by atoms with Crippen molar-refractivity contribution in [3.05, 3.63) is 12.2 Å². The van der Waals surface area contributed by atoms with Gasteiger partial charge in [-0.05, 0) is 24.7 Å². The van der Waals surface area contributed by atoms with Crippen LogP contribution in [0.15, 0.2) is 12.2 Å². The lowest BCUT2D eigenvalue weighted by Gasteiger charge is -2.46. The van der Waals surface area contributed by atoms with E-state index in [4.69, 9.17) is 0 Å². The number of carbonyl (C=O) groups is 1. The van der Waals surface area contributed by atoms with Crippen LogP contribution in [-0.2, 0) is 4.79 Å². The fraction of sp³-hybridized carbons (Fsp3) is 0.769. The quantitative estimate of drug-likeness (QED) is 0.625. The summed E-state index contributed by atoms with van der Waals surface area (Å²) < 4.78 is 0. The first-order chi connectivity index (χ1) is 6.60. The van der Waals surface area contributed by atoms with Gasteiger partial charge in [-0.15, -0.1) is 0 Å². The largest absolute Gasteiger partial charge is 0.299 e. The summed E-state index contributed by atoms with van der Waals surface area (Å²) in [6.45, 7) is 4.41. The Morgan fingerprint density at radius 1 is 1.36 bits per heavy atom. The van der Waals surface area contributed by atoms with Crippen LogP contribution in [-0.4, -0.2) is 5.78 Å². The van der Waals surface area contributed by atoms with Gasteiger partial charge in [-0.1, -0.05) is 38.8 Å². The Bertz CT molecular complexity index is 279. The average Bonchev–Trinajstić information content (AvgIpc) is 2.16. The summed E-state index contributed by atoms with van der Waals surface area (Å²) >= 11 is 0. The molecule has 78 valence electrons. The molecule has 2 bridgehead atoms. The molecule has 0 N–H and O–H groups in total. The predicted octanol–water partition coefficient (Wildman–Crippen LogP) is 3.49. The maximum atomic E-state index is 12.0.